The van der Waals surface area contributed by atoms with Gasteiger partial charge in [-0.25, -0.2) is 4.98 Å². The normalized spacial score (nSPS) is 15.2. The molecule has 1 aromatic heterocycles. The lowest BCUT2D eigenvalue weighted by molar-refractivity contribution is -0.141. The molecular formula is C32H34N2O4. The number of aryl methyl sites for hydroxylation is 2. The molecule has 0 unspecified atom stereocenters. The third kappa shape index (κ3) is 5.03. The molecule has 5 rings (SSSR count). The average molecular weight is 511 g/mol. The molecule has 1 N–H and O–H groups in total. The standard InChI is InChI=1S/C32H34N2O4/c1-20(32(35)36)28-13-11-24-19-27(12-14-29(24)28)38-16-15-30-21(2)33-31(34(30)3)25-9-5-7-22(17-25)23-8-6-10-26(18-23)37-4/h5-10,12,14,17-20,28H,11,13,15-16H2,1-4H3,(H,35,36)/t20-,28-/m0/s1. The number of benzene rings is 3. The number of methoxy groups -OCH3 is 1. The number of carboxylic acids is 1. The summed E-state index contributed by atoms with van der Waals surface area (Å²) in [5, 5.41) is 9.41. The molecular weight excluding hydrogens is 476 g/mol. The lowest BCUT2D eigenvalue weighted by atomic mass is 9.89. The summed E-state index contributed by atoms with van der Waals surface area (Å²) < 4.78 is 13.7. The summed E-state index contributed by atoms with van der Waals surface area (Å²) in [4.78, 5) is 16.4. The Morgan fingerprint density at radius 2 is 1.79 bits per heavy atom. The van der Waals surface area contributed by atoms with Crippen LogP contribution in [0.4, 0.5) is 0 Å². The van der Waals surface area contributed by atoms with Gasteiger partial charge in [-0.1, -0.05) is 43.3 Å². The third-order valence-electron chi connectivity index (χ3n) is 7.78. The molecule has 0 spiro atoms. The summed E-state index contributed by atoms with van der Waals surface area (Å²) in [7, 11) is 3.74. The minimum absolute atomic E-state index is 0.0782. The van der Waals surface area contributed by atoms with Gasteiger partial charge >= 0.3 is 5.97 Å². The Balaban J connectivity index is 1.28. The van der Waals surface area contributed by atoms with Crippen molar-refractivity contribution in [1.29, 1.82) is 0 Å². The molecule has 3 aromatic carbocycles. The molecule has 0 bridgehead atoms. The van der Waals surface area contributed by atoms with E-state index in [-0.39, 0.29) is 11.8 Å². The van der Waals surface area contributed by atoms with E-state index in [1.54, 1.807) is 14.0 Å². The van der Waals surface area contributed by atoms with Gasteiger partial charge in [-0.15, -0.1) is 0 Å². The lowest BCUT2D eigenvalue weighted by Gasteiger charge is -2.16. The van der Waals surface area contributed by atoms with Gasteiger partial charge in [0.05, 0.1) is 25.3 Å². The van der Waals surface area contributed by atoms with Crippen molar-refractivity contribution in [2.75, 3.05) is 13.7 Å². The van der Waals surface area contributed by atoms with Crippen molar-refractivity contribution in [2.45, 2.75) is 39.0 Å². The topological polar surface area (TPSA) is 73.6 Å². The zero-order chi connectivity index (χ0) is 26.8. The predicted molar refractivity (Wildman–Crippen MR) is 149 cm³/mol. The number of ether oxygens (including phenoxy) is 2. The zero-order valence-electron chi connectivity index (χ0n) is 22.4. The van der Waals surface area contributed by atoms with E-state index in [0.29, 0.717) is 6.61 Å². The SMILES string of the molecule is COc1cccc(-c2cccc(-c3nc(C)c(CCOc4ccc5c(c4)CC[C@H]5[C@H](C)C(=O)O)n3C)c2)c1. The molecule has 38 heavy (non-hydrogen) atoms. The minimum Gasteiger partial charge on any atom is -0.497 e. The van der Waals surface area contributed by atoms with Gasteiger partial charge < -0.3 is 19.1 Å². The number of aromatic nitrogens is 2. The smallest absolute Gasteiger partial charge is 0.306 e. The minimum atomic E-state index is -0.735. The van der Waals surface area contributed by atoms with Gasteiger partial charge in [-0.3, -0.25) is 4.79 Å². The Labute approximate surface area is 223 Å². The number of hydrogen-bond donors (Lipinski definition) is 1. The molecule has 196 valence electrons. The van der Waals surface area contributed by atoms with Crippen LogP contribution in [0.1, 0.15) is 41.8 Å². The maximum Gasteiger partial charge on any atom is 0.306 e. The molecule has 1 aliphatic rings. The third-order valence-corrected chi connectivity index (χ3v) is 7.78. The van der Waals surface area contributed by atoms with Gasteiger partial charge in [0.2, 0.25) is 0 Å². The number of fused-ring (bicyclic) bond motifs is 1. The highest BCUT2D eigenvalue weighted by atomic mass is 16.5. The van der Waals surface area contributed by atoms with Crippen molar-refractivity contribution >= 4 is 5.97 Å². The first-order valence-corrected chi connectivity index (χ1v) is 13.1. The molecule has 0 saturated heterocycles. The Bertz CT molecular complexity index is 1470. The van der Waals surface area contributed by atoms with E-state index in [2.05, 4.69) is 48.0 Å². The molecule has 0 amide bonds. The van der Waals surface area contributed by atoms with Crippen molar-refractivity contribution < 1.29 is 19.4 Å². The number of carboxylic acid groups (broad SMARTS) is 1. The molecule has 0 fully saturated rings. The van der Waals surface area contributed by atoms with E-state index >= 15 is 0 Å². The van der Waals surface area contributed by atoms with Crippen LogP contribution in [0.25, 0.3) is 22.5 Å². The first-order chi connectivity index (χ1) is 18.4. The van der Waals surface area contributed by atoms with E-state index in [9.17, 15) is 9.90 Å². The van der Waals surface area contributed by atoms with Gasteiger partial charge in [0, 0.05) is 24.7 Å². The Kier molecular flexibility index (Phi) is 7.23. The molecule has 1 heterocycles. The van der Waals surface area contributed by atoms with Crippen LogP contribution in [0.5, 0.6) is 11.5 Å². The summed E-state index contributed by atoms with van der Waals surface area (Å²) in [6.45, 7) is 4.38. The summed E-state index contributed by atoms with van der Waals surface area (Å²) in [6.07, 6.45) is 2.51. The van der Waals surface area contributed by atoms with Gasteiger partial charge in [-0.05, 0) is 78.3 Å². The second-order valence-corrected chi connectivity index (χ2v) is 10.1. The van der Waals surface area contributed by atoms with Crippen molar-refractivity contribution in [1.82, 2.24) is 9.55 Å². The van der Waals surface area contributed by atoms with E-state index in [1.165, 1.54) is 5.56 Å². The first-order valence-electron chi connectivity index (χ1n) is 13.1. The zero-order valence-corrected chi connectivity index (χ0v) is 22.4. The number of carbonyl (C=O) groups is 1. The van der Waals surface area contributed by atoms with Crippen LogP contribution in [0.15, 0.2) is 66.7 Å². The number of aliphatic carboxylic acids is 1. The van der Waals surface area contributed by atoms with Crippen molar-refractivity contribution in [3.63, 3.8) is 0 Å². The summed E-state index contributed by atoms with van der Waals surface area (Å²) in [6, 6.07) is 22.6. The highest BCUT2D eigenvalue weighted by Gasteiger charge is 2.31. The number of imidazole rings is 1. The fourth-order valence-electron chi connectivity index (χ4n) is 5.59. The Morgan fingerprint density at radius 3 is 2.55 bits per heavy atom. The van der Waals surface area contributed by atoms with E-state index in [0.717, 1.165) is 70.2 Å². The molecule has 6 heteroatoms. The highest BCUT2D eigenvalue weighted by molar-refractivity contribution is 5.72. The van der Waals surface area contributed by atoms with Crippen LogP contribution >= 0.6 is 0 Å². The van der Waals surface area contributed by atoms with Gasteiger partial charge in [0.15, 0.2) is 0 Å². The highest BCUT2D eigenvalue weighted by Crippen LogP contribution is 2.40. The Hall–Kier alpha value is -4.06. The van der Waals surface area contributed by atoms with Crippen LogP contribution < -0.4 is 9.47 Å². The van der Waals surface area contributed by atoms with Crippen molar-refractivity contribution in [3.05, 3.63) is 89.2 Å². The number of rotatable bonds is 9. The largest absolute Gasteiger partial charge is 0.497 e. The molecule has 0 saturated carbocycles. The van der Waals surface area contributed by atoms with E-state index in [4.69, 9.17) is 14.5 Å². The molecule has 6 nitrogen and oxygen atoms in total. The van der Waals surface area contributed by atoms with Crippen LogP contribution in [0.3, 0.4) is 0 Å². The number of hydrogen-bond acceptors (Lipinski definition) is 4. The second kappa shape index (κ2) is 10.7. The van der Waals surface area contributed by atoms with Crippen molar-refractivity contribution in [2.24, 2.45) is 13.0 Å². The summed E-state index contributed by atoms with van der Waals surface area (Å²) in [5.74, 6) is 1.56. The summed E-state index contributed by atoms with van der Waals surface area (Å²) in [5.41, 5.74) is 7.77. The molecule has 2 atom stereocenters. The van der Waals surface area contributed by atoms with Gasteiger partial charge in [-0.2, -0.15) is 0 Å². The lowest BCUT2D eigenvalue weighted by Crippen LogP contribution is -2.17. The van der Waals surface area contributed by atoms with Crippen LogP contribution in [0.2, 0.25) is 0 Å². The fraction of sp³-hybridized carbons (Fsp3) is 0.312. The van der Waals surface area contributed by atoms with Crippen LogP contribution in [0, 0.1) is 12.8 Å². The molecule has 1 aliphatic carbocycles. The molecule has 0 radical (unpaired) electrons. The van der Waals surface area contributed by atoms with Gasteiger partial charge in [0.25, 0.3) is 0 Å². The quantitative estimate of drug-likeness (QED) is 0.280. The Morgan fingerprint density at radius 1 is 1.05 bits per heavy atom. The maximum atomic E-state index is 11.5. The van der Waals surface area contributed by atoms with E-state index in [1.807, 2.05) is 37.3 Å². The summed E-state index contributed by atoms with van der Waals surface area (Å²) >= 11 is 0. The average Bonchev–Trinajstić information content (AvgIpc) is 3.48. The maximum absolute atomic E-state index is 11.5. The van der Waals surface area contributed by atoms with E-state index < -0.39 is 5.97 Å². The van der Waals surface area contributed by atoms with Gasteiger partial charge in [0.1, 0.15) is 17.3 Å². The molecule has 0 aliphatic heterocycles. The number of nitrogens with zero attached hydrogens (tertiary/aromatic N) is 2. The predicted octanol–water partition coefficient (Wildman–Crippen LogP) is 6.44. The monoisotopic (exact) mass is 510 g/mol. The van der Waals surface area contributed by atoms with Crippen molar-refractivity contribution in [3.8, 4) is 34.0 Å². The van der Waals surface area contributed by atoms with Crippen LogP contribution in [-0.4, -0.2) is 34.3 Å². The first kappa shape index (κ1) is 25.6. The van der Waals surface area contributed by atoms with Crippen LogP contribution in [-0.2, 0) is 24.7 Å². The second-order valence-electron chi connectivity index (χ2n) is 10.1. The molecule has 4 aromatic rings. The fourth-order valence-corrected chi connectivity index (χ4v) is 5.59.